The van der Waals surface area contributed by atoms with Crippen LogP contribution in [0.4, 0.5) is 0 Å². The molecule has 0 radical (unpaired) electrons. The SMILES string of the molecule is CCNC(=NCCN(C)CCCOC)NCCOc1ccc2c(c1)OCO2. The van der Waals surface area contributed by atoms with Gasteiger partial charge >= 0.3 is 0 Å². The Labute approximate surface area is 161 Å². The average molecular weight is 380 g/mol. The first-order chi connectivity index (χ1) is 13.2. The summed E-state index contributed by atoms with van der Waals surface area (Å²) in [6, 6.07) is 5.59. The summed E-state index contributed by atoms with van der Waals surface area (Å²) in [4.78, 5) is 6.86. The van der Waals surface area contributed by atoms with E-state index in [4.69, 9.17) is 18.9 Å². The molecular weight excluding hydrogens is 348 g/mol. The van der Waals surface area contributed by atoms with Gasteiger partial charge < -0.3 is 34.5 Å². The first kappa shape index (κ1) is 21.1. The minimum atomic E-state index is 0.268. The van der Waals surface area contributed by atoms with Crippen molar-refractivity contribution in [1.29, 1.82) is 0 Å². The number of guanidine groups is 1. The Kier molecular flexibility index (Phi) is 9.57. The summed E-state index contributed by atoms with van der Waals surface area (Å²) in [5.41, 5.74) is 0. The van der Waals surface area contributed by atoms with Crippen molar-refractivity contribution in [2.75, 3.05) is 66.9 Å². The third-order valence-electron chi connectivity index (χ3n) is 3.99. The second-order valence-corrected chi connectivity index (χ2v) is 6.20. The molecule has 0 atom stereocenters. The zero-order chi connectivity index (χ0) is 19.3. The van der Waals surface area contributed by atoms with Crippen LogP contribution in [0.1, 0.15) is 13.3 Å². The van der Waals surface area contributed by atoms with Crippen molar-refractivity contribution in [2.24, 2.45) is 4.99 Å². The Morgan fingerprint density at radius 2 is 2.04 bits per heavy atom. The van der Waals surface area contributed by atoms with Crippen LogP contribution >= 0.6 is 0 Å². The molecule has 0 aliphatic carbocycles. The number of aliphatic imine (C=N–C) groups is 1. The molecule has 152 valence electrons. The van der Waals surface area contributed by atoms with Gasteiger partial charge in [0.15, 0.2) is 17.5 Å². The smallest absolute Gasteiger partial charge is 0.231 e. The molecule has 1 aromatic carbocycles. The fourth-order valence-electron chi connectivity index (χ4n) is 2.57. The second-order valence-electron chi connectivity index (χ2n) is 6.20. The largest absolute Gasteiger partial charge is 0.492 e. The van der Waals surface area contributed by atoms with E-state index < -0.39 is 0 Å². The molecule has 0 spiro atoms. The highest BCUT2D eigenvalue weighted by Gasteiger charge is 2.13. The maximum absolute atomic E-state index is 5.76. The van der Waals surface area contributed by atoms with E-state index in [2.05, 4.69) is 34.5 Å². The lowest BCUT2D eigenvalue weighted by molar-refractivity contribution is 0.173. The zero-order valence-corrected chi connectivity index (χ0v) is 16.6. The van der Waals surface area contributed by atoms with Gasteiger partial charge in [0, 0.05) is 39.4 Å². The number of rotatable bonds is 12. The molecule has 0 fully saturated rings. The van der Waals surface area contributed by atoms with E-state index in [0.717, 1.165) is 62.4 Å². The number of nitrogens with one attached hydrogen (secondary N) is 2. The van der Waals surface area contributed by atoms with Crippen molar-refractivity contribution < 1.29 is 18.9 Å². The van der Waals surface area contributed by atoms with Gasteiger partial charge in [-0.25, -0.2) is 0 Å². The van der Waals surface area contributed by atoms with Gasteiger partial charge in [-0.1, -0.05) is 0 Å². The van der Waals surface area contributed by atoms with Crippen LogP contribution in [-0.4, -0.2) is 77.7 Å². The molecule has 0 saturated heterocycles. The molecule has 8 heteroatoms. The summed E-state index contributed by atoms with van der Waals surface area (Å²) in [5, 5.41) is 6.54. The predicted octanol–water partition coefficient (Wildman–Crippen LogP) is 1.32. The minimum absolute atomic E-state index is 0.268. The number of methoxy groups -OCH3 is 1. The molecule has 8 nitrogen and oxygen atoms in total. The summed E-state index contributed by atoms with van der Waals surface area (Å²) < 4.78 is 21.5. The van der Waals surface area contributed by atoms with Gasteiger partial charge in [-0.3, -0.25) is 4.99 Å². The quantitative estimate of drug-likeness (QED) is 0.322. The Morgan fingerprint density at radius 3 is 2.85 bits per heavy atom. The van der Waals surface area contributed by atoms with Crippen molar-refractivity contribution in [3.05, 3.63) is 18.2 Å². The lowest BCUT2D eigenvalue weighted by Gasteiger charge is -2.16. The number of fused-ring (bicyclic) bond motifs is 1. The van der Waals surface area contributed by atoms with Crippen LogP contribution in [-0.2, 0) is 4.74 Å². The predicted molar refractivity (Wildman–Crippen MR) is 106 cm³/mol. The van der Waals surface area contributed by atoms with Crippen molar-refractivity contribution in [3.63, 3.8) is 0 Å². The fourth-order valence-corrected chi connectivity index (χ4v) is 2.57. The highest BCUT2D eigenvalue weighted by Crippen LogP contribution is 2.34. The van der Waals surface area contributed by atoms with Crippen molar-refractivity contribution in [3.8, 4) is 17.2 Å². The summed E-state index contributed by atoms with van der Waals surface area (Å²) in [6.45, 7) is 7.78. The standard InChI is InChI=1S/C19H32N4O4/c1-4-20-19(21-8-11-23(2)10-5-12-24-3)22-9-13-25-16-6-7-17-18(14-16)27-15-26-17/h6-7,14H,4-5,8-13,15H2,1-3H3,(H2,20,21,22). The Hall–Kier alpha value is -2.19. The summed E-state index contributed by atoms with van der Waals surface area (Å²) in [7, 11) is 3.83. The van der Waals surface area contributed by atoms with Crippen LogP contribution in [0.25, 0.3) is 0 Å². The number of ether oxygens (including phenoxy) is 4. The first-order valence-corrected chi connectivity index (χ1v) is 9.45. The molecule has 0 aromatic heterocycles. The summed E-state index contributed by atoms with van der Waals surface area (Å²) >= 11 is 0. The number of likely N-dealkylation sites (N-methyl/N-ethyl adjacent to an activating group) is 1. The number of benzene rings is 1. The third kappa shape index (κ3) is 7.92. The van der Waals surface area contributed by atoms with Gasteiger partial charge in [0.25, 0.3) is 0 Å². The molecule has 27 heavy (non-hydrogen) atoms. The van der Waals surface area contributed by atoms with Gasteiger partial charge in [-0.15, -0.1) is 0 Å². The van der Waals surface area contributed by atoms with Crippen LogP contribution in [0.3, 0.4) is 0 Å². The molecule has 0 unspecified atom stereocenters. The van der Waals surface area contributed by atoms with Gasteiger partial charge in [-0.2, -0.15) is 0 Å². The first-order valence-electron chi connectivity index (χ1n) is 9.45. The average Bonchev–Trinajstić information content (AvgIpc) is 3.13. The molecule has 0 bridgehead atoms. The van der Waals surface area contributed by atoms with Gasteiger partial charge in [0.2, 0.25) is 6.79 Å². The van der Waals surface area contributed by atoms with Crippen LogP contribution in [0.5, 0.6) is 17.2 Å². The van der Waals surface area contributed by atoms with E-state index >= 15 is 0 Å². The normalized spacial score (nSPS) is 13.1. The highest BCUT2D eigenvalue weighted by atomic mass is 16.7. The Balaban J connectivity index is 1.66. The molecule has 2 rings (SSSR count). The van der Waals surface area contributed by atoms with E-state index in [1.165, 1.54) is 0 Å². The number of hydrogen-bond acceptors (Lipinski definition) is 6. The zero-order valence-electron chi connectivity index (χ0n) is 16.6. The van der Waals surface area contributed by atoms with Crippen molar-refractivity contribution in [2.45, 2.75) is 13.3 Å². The third-order valence-corrected chi connectivity index (χ3v) is 3.99. The maximum Gasteiger partial charge on any atom is 0.231 e. The van der Waals surface area contributed by atoms with E-state index in [9.17, 15) is 0 Å². The minimum Gasteiger partial charge on any atom is -0.492 e. The summed E-state index contributed by atoms with van der Waals surface area (Å²) in [5.74, 6) is 3.05. The monoisotopic (exact) mass is 380 g/mol. The number of hydrogen-bond donors (Lipinski definition) is 2. The van der Waals surface area contributed by atoms with Crippen molar-refractivity contribution >= 4 is 5.96 Å². The van der Waals surface area contributed by atoms with Gasteiger partial charge in [-0.05, 0) is 32.5 Å². The molecule has 1 aliphatic heterocycles. The number of nitrogens with zero attached hydrogens (tertiary/aromatic N) is 2. The molecule has 1 heterocycles. The van der Waals surface area contributed by atoms with Crippen LogP contribution in [0.15, 0.2) is 23.2 Å². The van der Waals surface area contributed by atoms with Crippen LogP contribution in [0.2, 0.25) is 0 Å². The summed E-state index contributed by atoms with van der Waals surface area (Å²) in [6.07, 6.45) is 1.03. The fraction of sp³-hybridized carbons (Fsp3) is 0.632. The Bertz CT molecular complexity index is 583. The van der Waals surface area contributed by atoms with E-state index in [1.807, 2.05) is 18.2 Å². The lowest BCUT2D eigenvalue weighted by atomic mass is 10.3. The van der Waals surface area contributed by atoms with Crippen LogP contribution < -0.4 is 24.8 Å². The lowest BCUT2D eigenvalue weighted by Crippen LogP contribution is -2.39. The molecule has 2 N–H and O–H groups in total. The van der Waals surface area contributed by atoms with E-state index in [-0.39, 0.29) is 6.79 Å². The molecule has 1 aliphatic rings. The second kappa shape index (κ2) is 12.2. The molecule has 1 aromatic rings. The van der Waals surface area contributed by atoms with Crippen molar-refractivity contribution in [1.82, 2.24) is 15.5 Å². The molecule has 0 amide bonds. The van der Waals surface area contributed by atoms with E-state index in [0.29, 0.717) is 13.2 Å². The molecular formula is C19H32N4O4. The van der Waals surface area contributed by atoms with E-state index in [1.54, 1.807) is 7.11 Å². The Morgan fingerprint density at radius 1 is 1.19 bits per heavy atom. The molecule has 0 saturated carbocycles. The topological polar surface area (TPSA) is 76.6 Å². The van der Waals surface area contributed by atoms with Crippen LogP contribution in [0, 0.1) is 0 Å². The van der Waals surface area contributed by atoms with Gasteiger partial charge in [0.1, 0.15) is 12.4 Å². The highest BCUT2D eigenvalue weighted by molar-refractivity contribution is 5.79. The maximum atomic E-state index is 5.76. The van der Waals surface area contributed by atoms with Gasteiger partial charge in [0.05, 0.1) is 13.1 Å².